The third-order valence-corrected chi connectivity index (χ3v) is 1.94. The summed E-state index contributed by atoms with van der Waals surface area (Å²) in [6.07, 6.45) is -2.65. The molecule has 0 spiro atoms. The summed E-state index contributed by atoms with van der Waals surface area (Å²) in [6, 6.07) is 2.77. The largest absolute Gasteiger partial charge is 1.00 e. The average Bonchev–Trinajstić information content (AvgIpc) is 2.14. The maximum atomic E-state index is 12.3. The molecule has 0 radical (unpaired) electrons. The Hall–Kier alpha value is 0.371. The fourth-order valence-corrected chi connectivity index (χ4v) is 1.19. The maximum absolute atomic E-state index is 12.3. The Balaban J connectivity index is 0.00000256. The van der Waals surface area contributed by atoms with E-state index in [4.69, 9.17) is 0 Å². The second-order valence-corrected chi connectivity index (χ2v) is 3.30. The van der Waals surface area contributed by atoms with E-state index < -0.39 is 25.5 Å². The number of benzene rings is 1. The quantitative estimate of drug-likeness (QED) is 0.542. The van der Waals surface area contributed by atoms with Crippen LogP contribution in [0.1, 0.15) is 5.56 Å². The summed E-state index contributed by atoms with van der Waals surface area (Å²) < 4.78 is 65.2. The minimum absolute atomic E-state index is 0. The van der Waals surface area contributed by atoms with Gasteiger partial charge in [0.2, 0.25) is 0 Å². The van der Waals surface area contributed by atoms with Crippen LogP contribution in [0.4, 0.5) is 21.7 Å². The smallest absolute Gasteiger partial charge is 0.487 e. The predicted molar refractivity (Wildman–Crippen MR) is 51.4 cm³/mol. The van der Waals surface area contributed by atoms with Crippen molar-refractivity contribution < 1.29 is 77.8 Å². The van der Waals surface area contributed by atoms with Crippen LogP contribution < -0.4 is 61.6 Å². The van der Waals surface area contributed by atoms with E-state index in [9.17, 15) is 21.7 Å². The zero-order valence-corrected chi connectivity index (χ0v) is 12.5. The van der Waals surface area contributed by atoms with Gasteiger partial charge in [-0.05, 0) is 18.6 Å². The van der Waals surface area contributed by atoms with Crippen molar-refractivity contribution in [2.75, 3.05) is 6.61 Å². The number of hydrogen-bond donors (Lipinski definition) is 0. The second kappa shape index (κ2) is 7.08. The fraction of sp³-hybridized carbons (Fsp3) is 0.333. The van der Waals surface area contributed by atoms with Crippen LogP contribution in [0.25, 0.3) is 0 Å². The molecular formula is C9H9BF5KO. The first-order valence-electron chi connectivity index (χ1n) is 4.52. The number of rotatable bonds is 4. The van der Waals surface area contributed by atoms with E-state index in [1.54, 1.807) is 0 Å². The third-order valence-electron chi connectivity index (χ3n) is 1.94. The summed E-state index contributed by atoms with van der Waals surface area (Å²) in [6.45, 7) is -4.51. The molecule has 0 saturated carbocycles. The van der Waals surface area contributed by atoms with Gasteiger partial charge in [-0.2, -0.15) is 0 Å². The molecule has 0 heterocycles. The van der Waals surface area contributed by atoms with Crippen LogP contribution in [0.15, 0.2) is 18.2 Å². The van der Waals surface area contributed by atoms with Crippen LogP contribution >= 0.6 is 0 Å². The van der Waals surface area contributed by atoms with Gasteiger partial charge in [0.05, 0.1) is 0 Å². The zero-order valence-electron chi connectivity index (χ0n) is 9.39. The van der Waals surface area contributed by atoms with Crippen molar-refractivity contribution in [3.05, 3.63) is 23.8 Å². The Morgan fingerprint density at radius 3 is 2.24 bits per heavy atom. The van der Waals surface area contributed by atoms with Crippen molar-refractivity contribution in [1.82, 2.24) is 0 Å². The van der Waals surface area contributed by atoms with E-state index in [0.717, 1.165) is 18.2 Å². The van der Waals surface area contributed by atoms with E-state index in [1.165, 1.54) is 6.92 Å². The summed E-state index contributed by atoms with van der Waals surface area (Å²) in [7, 11) is 0. The Morgan fingerprint density at radius 2 is 1.82 bits per heavy atom. The Morgan fingerprint density at radius 1 is 1.24 bits per heavy atom. The van der Waals surface area contributed by atoms with Crippen molar-refractivity contribution >= 4 is 12.4 Å². The van der Waals surface area contributed by atoms with Crippen molar-refractivity contribution in [3.63, 3.8) is 0 Å². The molecule has 0 aliphatic carbocycles. The van der Waals surface area contributed by atoms with Crippen molar-refractivity contribution in [2.45, 2.75) is 13.3 Å². The number of aryl methyl sites for hydroxylation is 1. The molecule has 1 aromatic rings. The van der Waals surface area contributed by atoms with Crippen LogP contribution in [-0.4, -0.2) is 20.0 Å². The third kappa shape index (κ3) is 5.69. The van der Waals surface area contributed by atoms with Crippen molar-refractivity contribution in [3.8, 4) is 5.75 Å². The predicted octanol–water partition coefficient (Wildman–Crippen LogP) is -0.303. The van der Waals surface area contributed by atoms with Gasteiger partial charge in [0, 0.05) is 0 Å². The molecule has 0 aliphatic heterocycles. The summed E-state index contributed by atoms with van der Waals surface area (Å²) in [5.74, 6) is 0.0455. The first kappa shape index (κ1) is 17.4. The number of halogens is 5. The van der Waals surface area contributed by atoms with Gasteiger partial charge in [0.1, 0.15) is 12.4 Å². The first-order valence-corrected chi connectivity index (χ1v) is 4.52. The first-order chi connectivity index (χ1) is 7.30. The number of alkyl halides is 2. The molecule has 90 valence electrons. The van der Waals surface area contributed by atoms with Gasteiger partial charge in [-0.1, -0.05) is 12.1 Å². The minimum Gasteiger partial charge on any atom is -0.487 e. The average molecular weight is 278 g/mol. The van der Waals surface area contributed by atoms with E-state index in [-0.39, 0.29) is 62.7 Å². The van der Waals surface area contributed by atoms with Crippen LogP contribution in [0.5, 0.6) is 5.75 Å². The van der Waals surface area contributed by atoms with E-state index in [0.29, 0.717) is 0 Å². The van der Waals surface area contributed by atoms with Gasteiger partial charge in [-0.3, -0.25) is 0 Å². The minimum atomic E-state index is -5.07. The van der Waals surface area contributed by atoms with Crippen molar-refractivity contribution in [1.29, 1.82) is 0 Å². The molecule has 17 heavy (non-hydrogen) atoms. The van der Waals surface area contributed by atoms with Gasteiger partial charge >= 0.3 is 58.4 Å². The van der Waals surface area contributed by atoms with Gasteiger partial charge in [0.25, 0.3) is 6.43 Å². The molecule has 0 aliphatic rings. The molecule has 1 aromatic carbocycles. The summed E-state index contributed by atoms with van der Waals surface area (Å²) in [5, 5.41) is 0. The van der Waals surface area contributed by atoms with Crippen LogP contribution in [0, 0.1) is 6.92 Å². The number of hydrogen-bond acceptors (Lipinski definition) is 1. The molecule has 0 bridgehead atoms. The molecule has 0 N–H and O–H groups in total. The van der Waals surface area contributed by atoms with Crippen LogP contribution in [-0.2, 0) is 0 Å². The number of ether oxygens (including phenoxy) is 1. The molecule has 1 nitrogen and oxygen atoms in total. The molecule has 0 saturated heterocycles. The Labute approximate surface area is 138 Å². The molecule has 0 aromatic heterocycles. The molecule has 8 heteroatoms. The molecule has 0 fully saturated rings. The summed E-state index contributed by atoms with van der Waals surface area (Å²) in [4.78, 5) is 0. The normalized spacial score (nSPS) is 11.2. The van der Waals surface area contributed by atoms with Gasteiger partial charge in [-0.25, -0.2) is 8.78 Å². The molecule has 0 unspecified atom stereocenters. The topological polar surface area (TPSA) is 9.23 Å². The maximum Gasteiger partial charge on any atom is 1.00 e. The van der Waals surface area contributed by atoms with Gasteiger partial charge in [0.15, 0.2) is 0 Å². The molecule has 1 rings (SSSR count). The van der Waals surface area contributed by atoms with Gasteiger partial charge < -0.3 is 17.7 Å². The monoisotopic (exact) mass is 278 g/mol. The van der Waals surface area contributed by atoms with Crippen molar-refractivity contribution in [2.24, 2.45) is 0 Å². The van der Waals surface area contributed by atoms with Gasteiger partial charge in [-0.15, -0.1) is 5.46 Å². The SMILES string of the molecule is Cc1cc([B-](F)(F)F)ccc1OCC(F)F.[K+]. The Kier molecular flexibility index (Phi) is 7.24. The summed E-state index contributed by atoms with van der Waals surface area (Å²) >= 11 is 0. The standard InChI is InChI=1S/C9H9BF5O.K/c1-6-4-7(10(13,14)15)2-3-8(6)16-5-9(11)12;/h2-4,9H,5H2,1H3;/q-1;+1. The summed E-state index contributed by atoms with van der Waals surface area (Å²) in [5.41, 5.74) is -0.570. The van der Waals surface area contributed by atoms with E-state index >= 15 is 0 Å². The zero-order chi connectivity index (χ0) is 12.3. The van der Waals surface area contributed by atoms with E-state index in [1.807, 2.05) is 0 Å². The van der Waals surface area contributed by atoms with Crippen LogP contribution in [0.3, 0.4) is 0 Å². The molecule has 0 atom stereocenters. The van der Waals surface area contributed by atoms with E-state index in [2.05, 4.69) is 4.74 Å². The molecular weight excluding hydrogens is 269 g/mol. The second-order valence-electron chi connectivity index (χ2n) is 3.30. The Bertz CT molecular complexity index is 369. The van der Waals surface area contributed by atoms with Crippen LogP contribution in [0.2, 0.25) is 0 Å². The fourth-order valence-electron chi connectivity index (χ4n) is 1.19. The molecule has 0 amide bonds.